The van der Waals surface area contributed by atoms with Gasteiger partial charge in [-0.1, -0.05) is 35.5 Å². The fourth-order valence-corrected chi connectivity index (χ4v) is 2.02. The van der Waals surface area contributed by atoms with Crippen LogP contribution in [0.4, 0.5) is 4.39 Å². The zero-order chi connectivity index (χ0) is 16.2. The summed E-state index contributed by atoms with van der Waals surface area (Å²) in [6, 6.07) is 14.9. The molecule has 0 bridgehead atoms. The molecule has 6 heteroatoms. The fourth-order valence-electron chi connectivity index (χ4n) is 2.02. The Hall–Kier alpha value is -3.15. The van der Waals surface area contributed by atoms with Crippen LogP contribution in [0.1, 0.15) is 16.1 Å². The van der Waals surface area contributed by atoms with Crippen LogP contribution in [0.15, 0.2) is 59.1 Å². The van der Waals surface area contributed by atoms with Crippen molar-refractivity contribution in [3.05, 3.63) is 71.7 Å². The Morgan fingerprint density at radius 3 is 2.61 bits per heavy atom. The summed E-state index contributed by atoms with van der Waals surface area (Å²) in [6.07, 6.45) is 0. The maximum absolute atomic E-state index is 14.1. The predicted molar refractivity (Wildman–Crippen MR) is 79.6 cm³/mol. The van der Waals surface area contributed by atoms with Gasteiger partial charge in [0.15, 0.2) is 11.6 Å². The van der Waals surface area contributed by atoms with Crippen molar-refractivity contribution < 1.29 is 23.6 Å². The lowest BCUT2D eigenvalue weighted by Crippen LogP contribution is -1.97. The Labute approximate surface area is 130 Å². The average molecular weight is 313 g/mol. The Morgan fingerprint density at radius 1 is 1.17 bits per heavy atom. The van der Waals surface area contributed by atoms with Crippen LogP contribution in [0.25, 0.3) is 11.3 Å². The molecule has 1 heterocycles. The summed E-state index contributed by atoms with van der Waals surface area (Å²) in [5.41, 5.74) is 1.58. The van der Waals surface area contributed by atoms with E-state index in [9.17, 15) is 9.18 Å². The number of hydrogen-bond donors (Lipinski definition) is 1. The van der Waals surface area contributed by atoms with E-state index in [4.69, 9.17) is 9.84 Å². The van der Waals surface area contributed by atoms with Crippen LogP contribution in [0, 0.1) is 5.82 Å². The Morgan fingerprint density at radius 2 is 1.96 bits per heavy atom. The number of nitrogens with zero attached hydrogens (tertiary/aromatic N) is 1. The molecule has 0 fully saturated rings. The SMILES string of the molecule is O=C(O)c1cc(-c2ccc(OCc3ccccc3)c(F)c2)no1. The van der Waals surface area contributed by atoms with Gasteiger partial charge in [0.2, 0.25) is 5.76 Å². The highest BCUT2D eigenvalue weighted by atomic mass is 19.1. The zero-order valence-corrected chi connectivity index (χ0v) is 11.9. The minimum Gasteiger partial charge on any atom is -0.486 e. The summed E-state index contributed by atoms with van der Waals surface area (Å²) in [7, 11) is 0. The highest BCUT2D eigenvalue weighted by Crippen LogP contribution is 2.26. The van der Waals surface area contributed by atoms with E-state index in [1.165, 1.54) is 18.2 Å². The van der Waals surface area contributed by atoms with Crippen LogP contribution >= 0.6 is 0 Å². The van der Waals surface area contributed by atoms with Crippen molar-refractivity contribution in [1.82, 2.24) is 5.16 Å². The number of hydrogen-bond acceptors (Lipinski definition) is 4. The van der Waals surface area contributed by atoms with Gasteiger partial charge in [-0.25, -0.2) is 9.18 Å². The molecular weight excluding hydrogens is 301 g/mol. The smallest absolute Gasteiger partial charge is 0.374 e. The maximum atomic E-state index is 14.1. The molecule has 0 aliphatic carbocycles. The molecule has 3 rings (SSSR count). The number of carbonyl (C=O) groups is 1. The monoisotopic (exact) mass is 313 g/mol. The molecule has 0 atom stereocenters. The number of aromatic carboxylic acids is 1. The molecule has 0 aliphatic rings. The van der Waals surface area contributed by atoms with Crippen molar-refractivity contribution in [3.8, 4) is 17.0 Å². The van der Waals surface area contributed by atoms with Gasteiger partial charge >= 0.3 is 5.97 Å². The molecule has 1 aromatic heterocycles. The van der Waals surface area contributed by atoms with Gasteiger partial charge in [0.25, 0.3) is 0 Å². The minimum absolute atomic E-state index is 0.111. The quantitative estimate of drug-likeness (QED) is 0.776. The second-order valence-electron chi connectivity index (χ2n) is 4.80. The fraction of sp³-hybridized carbons (Fsp3) is 0.0588. The predicted octanol–water partition coefficient (Wildman–Crippen LogP) is 3.76. The number of ether oxygens (including phenoxy) is 1. The molecular formula is C17H12FNO4. The molecule has 0 saturated heterocycles. The van der Waals surface area contributed by atoms with E-state index in [2.05, 4.69) is 9.68 Å². The Balaban J connectivity index is 1.76. The second-order valence-corrected chi connectivity index (χ2v) is 4.80. The van der Waals surface area contributed by atoms with Crippen LogP contribution in [-0.4, -0.2) is 16.2 Å². The van der Waals surface area contributed by atoms with Gasteiger partial charge < -0.3 is 14.4 Å². The third-order valence-corrected chi connectivity index (χ3v) is 3.19. The van der Waals surface area contributed by atoms with Crippen LogP contribution in [-0.2, 0) is 6.61 Å². The van der Waals surface area contributed by atoms with Crippen molar-refractivity contribution in [2.75, 3.05) is 0 Å². The number of carboxylic acid groups (broad SMARTS) is 1. The second kappa shape index (κ2) is 6.31. The van der Waals surface area contributed by atoms with Crippen LogP contribution in [0.5, 0.6) is 5.75 Å². The number of carboxylic acids is 1. The number of benzene rings is 2. The summed E-state index contributed by atoms with van der Waals surface area (Å²) in [4.78, 5) is 10.8. The van der Waals surface area contributed by atoms with Crippen LogP contribution < -0.4 is 4.74 Å². The van der Waals surface area contributed by atoms with Crippen LogP contribution in [0.3, 0.4) is 0 Å². The van der Waals surface area contributed by atoms with E-state index >= 15 is 0 Å². The molecule has 0 radical (unpaired) electrons. The first-order valence-electron chi connectivity index (χ1n) is 6.80. The molecule has 116 valence electrons. The first kappa shape index (κ1) is 14.8. The number of aromatic nitrogens is 1. The first-order valence-corrected chi connectivity index (χ1v) is 6.80. The van der Waals surface area contributed by atoms with E-state index in [1.54, 1.807) is 6.07 Å². The molecule has 0 aliphatic heterocycles. The van der Waals surface area contributed by atoms with E-state index in [0.29, 0.717) is 5.56 Å². The van der Waals surface area contributed by atoms with Crippen LogP contribution in [0.2, 0.25) is 0 Å². The molecule has 0 amide bonds. The average Bonchev–Trinajstić information content (AvgIpc) is 3.05. The van der Waals surface area contributed by atoms with Crippen molar-refractivity contribution in [2.24, 2.45) is 0 Å². The zero-order valence-electron chi connectivity index (χ0n) is 11.9. The van der Waals surface area contributed by atoms with E-state index in [0.717, 1.165) is 5.56 Å². The number of rotatable bonds is 5. The van der Waals surface area contributed by atoms with Gasteiger partial charge in [0.05, 0.1) is 0 Å². The summed E-state index contributed by atoms with van der Waals surface area (Å²) in [5.74, 6) is -1.98. The maximum Gasteiger partial charge on any atom is 0.374 e. The third kappa shape index (κ3) is 3.37. The van der Waals surface area contributed by atoms with Gasteiger partial charge in [-0.15, -0.1) is 0 Å². The lowest BCUT2D eigenvalue weighted by molar-refractivity contribution is 0.0652. The molecule has 0 spiro atoms. The van der Waals surface area contributed by atoms with E-state index in [1.807, 2.05) is 30.3 Å². The highest BCUT2D eigenvalue weighted by Gasteiger charge is 2.14. The third-order valence-electron chi connectivity index (χ3n) is 3.19. The molecule has 2 aromatic carbocycles. The summed E-state index contributed by atoms with van der Waals surface area (Å²) >= 11 is 0. The van der Waals surface area contributed by atoms with Gasteiger partial charge in [-0.05, 0) is 23.8 Å². The van der Waals surface area contributed by atoms with E-state index < -0.39 is 11.8 Å². The van der Waals surface area contributed by atoms with Crippen molar-refractivity contribution >= 4 is 5.97 Å². The number of halogens is 1. The molecule has 3 aromatic rings. The molecule has 5 nitrogen and oxygen atoms in total. The topological polar surface area (TPSA) is 72.6 Å². The Bertz CT molecular complexity index is 830. The standard InChI is InChI=1S/C17H12FNO4/c18-13-8-12(14-9-16(17(20)21)23-19-14)6-7-15(13)22-10-11-4-2-1-3-5-11/h1-9H,10H2,(H,20,21). The molecule has 0 unspecified atom stereocenters. The normalized spacial score (nSPS) is 10.5. The molecule has 0 saturated carbocycles. The van der Waals surface area contributed by atoms with Gasteiger partial charge in [-0.2, -0.15) is 0 Å². The van der Waals surface area contributed by atoms with Crippen molar-refractivity contribution in [2.45, 2.75) is 6.61 Å². The first-order chi connectivity index (χ1) is 11.1. The lowest BCUT2D eigenvalue weighted by Gasteiger charge is -2.08. The lowest BCUT2D eigenvalue weighted by atomic mass is 10.1. The summed E-state index contributed by atoms with van der Waals surface area (Å²) in [5, 5.41) is 12.4. The van der Waals surface area contributed by atoms with Gasteiger partial charge in [-0.3, -0.25) is 0 Å². The minimum atomic E-state index is -1.23. The largest absolute Gasteiger partial charge is 0.486 e. The van der Waals surface area contributed by atoms with Crippen molar-refractivity contribution in [3.63, 3.8) is 0 Å². The summed E-state index contributed by atoms with van der Waals surface area (Å²) < 4.78 is 24.2. The summed E-state index contributed by atoms with van der Waals surface area (Å²) in [6.45, 7) is 0.254. The molecule has 23 heavy (non-hydrogen) atoms. The van der Waals surface area contributed by atoms with Gasteiger partial charge in [0, 0.05) is 11.6 Å². The Kier molecular flexibility index (Phi) is 4.05. The highest BCUT2D eigenvalue weighted by molar-refractivity contribution is 5.85. The molecule has 1 N–H and O–H groups in total. The van der Waals surface area contributed by atoms with E-state index in [-0.39, 0.29) is 23.8 Å². The van der Waals surface area contributed by atoms with Gasteiger partial charge in [0.1, 0.15) is 12.3 Å². The van der Waals surface area contributed by atoms with Crippen molar-refractivity contribution in [1.29, 1.82) is 0 Å².